The molecule has 3 heterocycles. The maximum absolute atomic E-state index is 12.7. The van der Waals surface area contributed by atoms with E-state index >= 15 is 0 Å². The van der Waals surface area contributed by atoms with E-state index in [-0.39, 0.29) is 11.9 Å². The molecule has 0 aromatic carbocycles. The van der Waals surface area contributed by atoms with Crippen LogP contribution in [0.2, 0.25) is 0 Å². The third-order valence-corrected chi connectivity index (χ3v) is 4.55. The van der Waals surface area contributed by atoms with Crippen molar-refractivity contribution < 1.29 is 4.79 Å². The van der Waals surface area contributed by atoms with Gasteiger partial charge in [-0.25, -0.2) is 4.68 Å². The molecule has 1 saturated heterocycles. The summed E-state index contributed by atoms with van der Waals surface area (Å²) in [5.74, 6) is 0.0621. The van der Waals surface area contributed by atoms with Crippen molar-refractivity contribution in [1.82, 2.24) is 29.7 Å². The van der Waals surface area contributed by atoms with Gasteiger partial charge in [-0.2, -0.15) is 5.10 Å². The topological polar surface area (TPSA) is 94.9 Å². The summed E-state index contributed by atoms with van der Waals surface area (Å²) >= 11 is 0. The summed E-state index contributed by atoms with van der Waals surface area (Å²) in [5, 5.41) is 12.6. The van der Waals surface area contributed by atoms with E-state index in [0.29, 0.717) is 12.2 Å². The quantitative estimate of drug-likeness (QED) is 0.878. The first kappa shape index (κ1) is 16.6. The zero-order chi connectivity index (χ0) is 17.1. The second kappa shape index (κ2) is 7.12. The Morgan fingerprint density at radius 1 is 1.33 bits per heavy atom. The third-order valence-electron chi connectivity index (χ3n) is 4.55. The van der Waals surface area contributed by atoms with E-state index in [1.807, 2.05) is 28.9 Å². The predicted molar refractivity (Wildman–Crippen MR) is 89.3 cm³/mol. The van der Waals surface area contributed by atoms with Crippen LogP contribution in [0.5, 0.6) is 0 Å². The van der Waals surface area contributed by atoms with Crippen LogP contribution in [0.1, 0.15) is 54.1 Å². The van der Waals surface area contributed by atoms with E-state index in [1.165, 1.54) is 0 Å². The SMILES string of the molecule is CCCc1cc(C(=O)N2CCC(n3cc(CN)nn3)CC2)n(C)n1. The van der Waals surface area contributed by atoms with Gasteiger partial charge in [0.15, 0.2) is 0 Å². The molecule has 0 radical (unpaired) electrons. The highest BCUT2D eigenvalue weighted by atomic mass is 16.2. The minimum absolute atomic E-state index is 0.0621. The molecule has 8 heteroatoms. The lowest BCUT2D eigenvalue weighted by Crippen LogP contribution is -2.39. The molecule has 0 saturated carbocycles. The monoisotopic (exact) mass is 331 g/mol. The van der Waals surface area contributed by atoms with Crippen LogP contribution in [0.4, 0.5) is 0 Å². The second-order valence-electron chi connectivity index (χ2n) is 6.31. The molecular formula is C16H25N7O. The summed E-state index contributed by atoms with van der Waals surface area (Å²) in [4.78, 5) is 14.7. The van der Waals surface area contributed by atoms with Crippen molar-refractivity contribution in [3.63, 3.8) is 0 Å². The Morgan fingerprint density at radius 2 is 2.08 bits per heavy atom. The number of piperidine rings is 1. The second-order valence-corrected chi connectivity index (χ2v) is 6.31. The number of carbonyl (C=O) groups excluding carboxylic acids is 1. The van der Waals surface area contributed by atoms with Gasteiger partial charge in [-0.05, 0) is 25.3 Å². The fourth-order valence-electron chi connectivity index (χ4n) is 3.19. The molecule has 0 spiro atoms. The zero-order valence-corrected chi connectivity index (χ0v) is 14.4. The van der Waals surface area contributed by atoms with Crippen LogP contribution < -0.4 is 5.73 Å². The molecule has 1 fully saturated rings. The summed E-state index contributed by atoms with van der Waals surface area (Å²) in [6.45, 7) is 3.95. The highest BCUT2D eigenvalue weighted by Crippen LogP contribution is 2.23. The Labute approximate surface area is 141 Å². The average Bonchev–Trinajstić information content (AvgIpc) is 3.21. The average molecular weight is 331 g/mol. The highest BCUT2D eigenvalue weighted by molar-refractivity contribution is 5.92. The Morgan fingerprint density at radius 3 is 2.71 bits per heavy atom. The van der Waals surface area contributed by atoms with Gasteiger partial charge in [-0.3, -0.25) is 9.48 Å². The normalized spacial score (nSPS) is 15.9. The summed E-state index contributed by atoms with van der Waals surface area (Å²) in [5.41, 5.74) is 8.03. The minimum atomic E-state index is 0.0621. The van der Waals surface area contributed by atoms with E-state index in [2.05, 4.69) is 22.3 Å². The molecule has 2 aromatic heterocycles. The molecule has 3 rings (SSSR count). The summed E-state index contributed by atoms with van der Waals surface area (Å²) in [7, 11) is 1.84. The van der Waals surface area contributed by atoms with Crippen molar-refractivity contribution in [2.75, 3.05) is 13.1 Å². The first-order valence-corrected chi connectivity index (χ1v) is 8.55. The third kappa shape index (κ3) is 3.33. The van der Waals surface area contributed by atoms with Crippen molar-refractivity contribution in [2.45, 2.75) is 45.2 Å². The number of nitrogens with two attached hydrogens (primary N) is 1. The molecular weight excluding hydrogens is 306 g/mol. The Balaban J connectivity index is 1.62. The lowest BCUT2D eigenvalue weighted by atomic mass is 10.0. The molecule has 2 N–H and O–H groups in total. The van der Waals surface area contributed by atoms with Crippen LogP contribution in [0, 0.1) is 0 Å². The number of aromatic nitrogens is 5. The van der Waals surface area contributed by atoms with Gasteiger partial charge in [0.25, 0.3) is 5.91 Å². The standard InChI is InChI=1S/C16H25N7O/c1-3-4-12-9-15(21(2)19-12)16(24)22-7-5-14(6-8-22)23-11-13(10-17)18-20-23/h9,11,14H,3-8,10,17H2,1-2H3. The van der Waals surface area contributed by atoms with E-state index in [1.54, 1.807) is 4.68 Å². The van der Waals surface area contributed by atoms with E-state index in [0.717, 1.165) is 50.2 Å². The fourth-order valence-corrected chi connectivity index (χ4v) is 3.19. The van der Waals surface area contributed by atoms with E-state index in [9.17, 15) is 4.79 Å². The van der Waals surface area contributed by atoms with Crippen molar-refractivity contribution in [3.05, 3.63) is 29.3 Å². The van der Waals surface area contributed by atoms with Crippen LogP contribution in [0.25, 0.3) is 0 Å². The summed E-state index contributed by atoms with van der Waals surface area (Å²) in [6, 6.07) is 2.20. The maximum atomic E-state index is 12.7. The van der Waals surface area contributed by atoms with Gasteiger partial charge in [0.05, 0.1) is 23.6 Å². The Bertz CT molecular complexity index is 697. The van der Waals surface area contributed by atoms with Crippen LogP contribution in [-0.4, -0.2) is 48.7 Å². The van der Waals surface area contributed by atoms with Crippen LogP contribution in [-0.2, 0) is 20.0 Å². The largest absolute Gasteiger partial charge is 0.337 e. The molecule has 1 amide bonds. The van der Waals surface area contributed by atoms with Gasteiger partial charge in [-0.1, -0.05) is 18.6 Å². The Hall–Kier alpha value is -2.22. The van der Waals surface area contributed by atoms with Crippen LogP contribution >= 0.6 is 0 Å². The summed E-state index contributed by atoms with van der Waals surface area (Å²) < 4.78 is 3.58. The number of amides is 1. The number of hydrogen-bond acceptors (Lipinski definition) is 5. The molecule has 24 heavy (non-hydrogen) atoms. The molecule has 0 aliphatic carbocycles. The van der Waals surface area contributed by atoms with Gasteiger partial charge in [-0.15, -0.1) is 5.10 Å². The molecule has 130 valence electrons. The molecule has 2 aromatic rings. The number of aryl methyl sites for hydroxylation is 2. The van der Waals surface area contributed by atoms with Crippen molar-refractivity contribution >= 4 is 5.91 Å². The molecule has 8 nitrogen and oxygen atoms in total. The van der Waals surface area contributed by atoms with Crippen molar-refractivity contribution in [1.29, 1.82) is 0 Å². The molecule has 0 bridgehead atoms. The predicted octanol–water partition coefficient (Wildman–Crippen LogP) is 0.900. The maximum Gasteiger partial charge on any atom is 0.272 e. The van der Waals surface area contributed by atoms with Crippen LogP contribution in [0.3, 0.4) is 0 Å². The molecule has 0 atom stereocenters. The number of nitrogens with zero attached hydrogens (tertiary/aromatic N) is 6. The van der Waals surface area contributed by atoms with Gasteiger partial charge in [0.1, 0.15) is 5.69 Å². The number of carbonyl (C=O) groups is 1. The van der Waals surface area contributed by atoms with Crippen molar-refractivity contribution in [3.8, 4) is 0 Å². The van der Waals surface area contributed by atoms with Gasteiger partial charge < -0.3 is 10.6 Å². The lowest BCUT2D eigenvalue weighted by molar-refractivity contribution is 0.0678. The number of hydrogen-bond donors (Lipinski definition) is 1. The fraction of sp³-hybridized carbons (Fsp3) is 0.625. The minimum Gasteiger partial charge on any atom is -0.337 e. The van der Waals surface area contributed by atoms with E-state index in [4.69, 9.17) is 5.73 Å². The molecule has 1 aliphatic heterocycles. The highest BCUT2D eigenvalue weighted by Gasteiger charge is 2.27. The van der Waals surface area contributed by atoms with E-state index < -0.39 is 0 Å². The lowest BCUT2D eigenvalue weighted by Gasteiger charge is -2.31. The smallest absolute Gasteiger partial charge is 0.272 e. The first-order chi connectivity index (χ1) is 11.6. The van der Waals surface area contributed by atoms with Gasteiger partial charge >= 0.3 is 0 Å². The number of rotatable bonds is 5. The Kier molecular flexibility index (Phi) is 4.94. The van der Waals surface area contributed by atoms with Crippen LogP contribution in [0.15, 0.2) is 12.3 Å². The van der Waals surface area contributed by atoms with Crippen molar-refractivity contribution in [2.24, 2.45) is 12.8 Å². The zero-order valence-electron chi connectivity index (χ0n) is 14.4. The first-order valence-electron chi connectivity index (χ1n) is 8.55. The molecule has 1 aliphatic rings. The van der Waals surface area contributed by atoms with Gasteiger partial charge in [0, 0.05) is 26.7 Å². The number of likely N-dealkylation sites (tertiary alicyclic amines) is 1. The van der Waals surface area contributed by atoms with Gasteiger partial charge in [0.2, 0.25) is 0 Å². The molecule has 0 unspecified atom stereocenters. The summed E-state index contributed by atoms with van der Waals surface area (Å²) in [6.07, 6.45) is 5.58.